The summed E-state index contributed by atoms with van der Waals surface area (Å²) in [5.74, 6) is -1.69. The number of aliphatic hydroxyl groups excluding tert-OH is 1. The van der Waals surface area contributed by atoms with Crippen molar-refractivity contribution in [1.82, 2.24) is 4.98 Å². The summed E-state index contributed by atoms with van der Waals surface area (Å²) in [6.45, 7) is 0. The minimum Gasteiger partial charge on any atom is -0.511 e. The number of halogens is 3. The zero-order valence-corrected chi connectivity index (χ0v) is 10.2. The Labute approximate surface area is 111 Å². The molecule has 1 heterocycles. The molecule has 0 saturated heterocycles. The van der Waals surface area contributed by atoms with Crippen molar-refractivity contribution >= 4 is 11.6 Å². The number of ketones is 2. The number of rotatable bonds is 2. The van der Waals surface area contributed by atoms with Crippen molar-refractivity contribution in [3.05, 3.63) is 40.9 Å². The van der Waals surface area contributed by atoms with Crippen LogP contribution in [0.3, 0.4) is 0 Å². The molecule has 1 aliphatic carbocycles. The van der Waals surface area contributed by atoms with Crippen molar-refractivity contribution in [2.45, 2.75) is 25.4 Å². The van der Waals surface area contributed by atoms with E-state index in [1.165, 1.54) is 0 Å². The molecule has 7 heteroatoms. The highest BCUT2D eigenvalue weighted by Crippen LogP contribution is 2.29. The zero-order chi connectivity index (χ0) is 14.9. The van der Waals surface area contributed by atoms with Gasteiger partial charge in [0.05, 0.1) is 5.56 Å². The van der Waals surface area contributed by atoms with Crippen LogP contribution in [-0.4, -0.2) is 21.7 Å². The first-order valence-corrected chi connectivity index (χ1v) is 5.84. The van der Waals surface area contributed by atoms with Gasteiger partial charge >= 0.3 is 6.18 Å². The first-order chi connectivity index (χ1) is 9.30. The fraction of sp³-hybridized carbons (Fsp3) is 0.308. The summed E-state index contributed by atoms with van der Waals surface area (Å²) in [4.78, 5) is 27.0. The van der Waals surface area contributed by atoms with Gasteiger partial charge < -0.3 is 5.11 Å². The van der Waals surface area contributed by atoms with Crippen molar-refractivity contribution in [1.29, 1.82) is 0 Å². The van der Waals surface area contributed by atoms with Crippen LogP contribution in [0.1, 0.15) is 35.3 Å². The maximum absolute atomic E-state index is 12.4. The summed E-state index contributed by atoms with van der Waals surface area (Å²) in [6.07, 6.45) is -3.24. The van der Waals surface area contributed by atoms with Gasteiger partial charge in [0.2, 0.25) is 5.78 Å². The van der Waals surface area contributed by atoms with Gasteiger partial charge in [0, 0.05) is 19.0 Å². The van der Waals surface area contributed by atoms with Crippen LogP contribution in [0.15, 0.2) is 29.7 Å². The van der Waals surface area contributed by atoms with Gasteiger partial charge in [0.15, 0.2) is 5.78 Å². The number of carbonyl (C=O) groups excluding carboxylic acids is 2. The van der Waals surface area contributed by atoms with E-state index in [1.54, 1.807) is 0 Å². The number of carbonyl (C=O) groups is 2. The topological polar surface area (TPSA) is 67.3 Å². The van der Waals surface area contributed by atoms with Crippen molar-refractivity contribution < 1.29 is 27.9 Å². The lowest BCUT2D eigenvalue weighted by atomic mass is 9.92. The minimum atomic E-state index is -4.54. The lowest BCUT2D eigenvalue weighted by Gasteiger charge is -2.14. The molecular formula is C13H10F3NO3. The molecule has 1 aromatic heterocycles. The number of aliphatic hydroxyl groups is 1. The quantitative estimate of drug-likeness (QED) is 0.670. The Hall–Kier alpha value is -2.18. The van der Waals surface area contributed by atoms with Crippen molar-refractivity contribution in [3.63, 3.8) is 0 Å². The van der Waals surface area contributed by atoms with Gasteiger partial charge in [-0.3, -0.25) is 14.6 Å². The second-order valence-electron chi connectivity index (χ2n) is 4.36. The number of Topliss-reactive ketones (excluding diaryl/α,β-unsaturated/α-hetero) is 2. The molecule has 0 unspecified atom stereocenters. The first-order valence-electron chi connectivity index (χ1n) is 5.84. The van der Waals surface area contributed by atoms with Crippen LogP contribution in [0.4, 0.5) is 13.2 Å². The molecule has 0 atom stereocenters. The van der Waals surface area contributed by atoms with Gasteiger partial charge in [-0.15, -0.1) is 0 Å². The molecular weight excluding hydrogens is 275 g/mol. The van der Waals surface area contributed by atoms with Crippen LogP contribution in [0.5, 0.6) is 0 Å². The Kier molecular flexibility index (Phi) is 3.61. The Morgan fingerprint density at radius 2 is 1.95 bits per heavy atom. The third-order valence-electron chi connectivity index (χ3n) is 2.94. The maximum Gasteiger partial charge on any atom is 0.417 e. The summed E-state index contributed by atoms with van der Waals surface area (Å²) in [5.41, 5.74) is -1.65. The van der Waals surface area contributed by atoms with Crippen LogP contribution >= 0.6 is 0 Å². The highest BCUT2D eigenvalue weighted by atomic mass is 19.4. The molecule has 1 aliphatic rings. The molecule has 20 heavy (non-hydrogen) atoms. The van der Waals surface area contributed by atoms with E-state index in [2.05, 4.69) is 4.98 Å². The standard InChI is InChI=1S/C13H10F3NO3/c14-13(15,16)7-4-5-8(17-6-7)12(20)11-9(18)2-1-3-10(11)19/h4-6,18H,1-3H2. The summed E-state index contributed by atoms with van der Waals surface area (Å²) in [7, 11) is 0. The van der Waals surface area contributed by atoms with E-state index < -0.39 is 23.3 Å². The van der Waals surface area contributed by atoms with Gasteiger partial charge in [0.1, 0.15) is 17.0 Å². The number of pyridine rings is 1. The monoisotopic (exact) mass is 285 g/mol. The van der Waals surface area contributed by atoms with Crippen molar-refractivity contribution in [2.24, 2.45) is 0 Å². The maximum atomic E-state index is 12.4. The average Bonchev–Trinajstić information content (AvgIpc) is 2.37. The van der Waals surface area contributed by atoms with Gasteiger partial charge in [-0.1, -0.05) is 0 Å². The molecule has 1 aromatic rings. The second kappa shape index (κ2) is 5.07. The van der Waals surface area contributed by atoms with Gasteiger partial charge in [0.25, 0.3) is 0 Å². The van der Waals surface area contributed by atoms with Crippen LogP contribution in [0, 0.1) is 0 Å². The molecule has 2 rings (SSSR count). The van der Waals surface area contributed by atoms with E-state index in [9.17, 15) is 27.9 Å². The largest absolute Gasteiger partial charge is 0.511 e. The van der Waals surface area contributed by atoms with E-state index in [0.29, 0.717) is 18.7 Å². The second-order valence-corrected chi connectivity index (χ2v) is 4.36. The molecule has 0 aromatic carbocycles. The molecule has 0 saturated carbocycles. The number of aromatic nitrogens is 1. The minimum absolute atomic E-state index is 0.131. The van der Waals surface area contributed by atoms with Crippen LogP contribution in [0.25, 0.3) is 0 Å². The predicted octanol–water partition coefficient (Wildman–Crippen LogP) is 2.85. The van der Waals surface area contributed by atoms with E-state index in [1.807, 2.05) is 0 Å². The zero-order valence-electron chi connectivity index (χ0n) is 10.2. The fourth-order valence-corrected chi connectivity index (χ4v) is 1.91. The average molecular weight is 285 g/mol. The number of allylic oxidation sites excluding steroid dienone is 2. The Morgan fingerprint density at radius 1 is 1.25 bits per heavy atom. The van der Waals surface area contributed by atoms with Crippen LogP contribution in [0.2, 0.25) is 0 Å². The Morgan fingerprint density at radius 3 is 2.45 bits per heavy atom. The molecule has 0 amide bonds. The number of hydrogen-bond acceptors (Lipinski definition) is 4. The van der Waals surface area contributed by atoms with Crippen molar-refractivity contribution in [2.75, 3.05) is 0 Å². The molecule has 0 spiro atoms. The summed E-state index contributed by atoms with van der Waals surface area (Å²) in [6, 6.07) is 1.61. The fourth-order valence-electron chi connectivity index (χ4n) is 1.91. The molecule has 106 valence electrons. The highest BCUT2D eigenvalue weighted by molar-refractivity contribution is 6.26. The smallest absolute Gasteiger partial charge is 0.417 e. The van der Waals surface area contributed by atoms with E-state index >= 15 is 0 Å². The lowest BCUT2D eigenvalue weighted by Crippen LogP contribution is -2.20. The van der Waals surface area contributed by atoms with E-state index in [0.717, 1.165) is 6.07 Å². The van der Waals surface area contributed by atoms with E-state index in [4.69, 9.17) is 0 Å². The molecule has 0 fully saturated rings. The molecule has 0 radical (unpaired) electrons. The van der Waals surface area contributed by atoms with Crippen LogP contribution < -0.4 is 0 Å². The summed E-state index contributed by atoms with van der Waals surface area (Å²) >= 11 is 0. The first kappa shape index (κ1) is 14.2. The molecule has 0 aliphatic heterocycles. The predicted molar refractivity (Wildman–Crippen MR) is 62.1 cm³/mol. The highest BCUT2D eigenvalue weighted by Gasteiger charge is 2.32. The van der Waals surface area contributed by atoms with Gasteiger partial charge in [-0.2, -0.15) is 13.2 Å². The lowest BCUT2D eigenvalue weighted by molar-refractivity contribution is -0.137. The van der Waals surface area contributed by atoms with Crippen LogP contribution in [-0.2, 0) is 11.0 Å². The van der Waals surface area contributed by atoms with Crippen molar-refractivity contribution in [3.8, 4) is 0 Å². The number of hydrogen-bond donors (Lipinski definition) is 1. The Balaban J connectivity index is 2.33. The molecule has 0 bridgehead atoms. The third kappa shape index (κ3) is 2.71. The normalized spacial score (nSPS) is 16.4. The molecule has 1 N–H and O–H groups in total. The van der Waals surface area contributed by atoms with Gasteiger partial charge in [-0.25, -0.2) is 0 Å². The van der Waals surface area contributed by atoms with Gasteiger partial charge in [-0.05, 0) is 18.6 Å². The number of alkyl halides is 3. The summed E-state index contributed by atoms with van der Waals surface area (Å²) in [5, 5.41) is 9.59. The third-order valence-corrected chi connectivity index (χ3v) is 2.94. The number of nitrogens with zero attached hydrogens (tertiary/aromatic N) is 1. The molecule has 4 nitrogen and oxygen atoms in total. The SMILES string of the molecule is O=C1CCCC(O)=C1C(=O)c1ccc(C(F)(F)F)cn1. The summed E-state index contributed by atoms with van der Waals surface area (Å²) < 4.78 is 37.1. The Bertz CT molecular complexity index is 588. The van der Waals surface area contributed by atoms with E-state index in [-0.39, 0.29) is 29.9 Å².